The highest BCUT2D eigenvalue weighted by molar-refractivity contribution is 5.09. The van der Waals surface area contributed by atoms with Crippen LogP contribution in [0.2, 0.25) is 0 Å². The van der Waals surface area contributed by atoms with Crippen LogP contribution in [0.25, 0.3) is 0 Å². The van der Waals surface area contributed by atoms with Crippen LogP contribution < -0.4 is 0 Å². The first kappa shape index (κ1) is 31.5. The molecule has 0 aromatic carbocycles. The van der Waals surface area contributed by atoms with Gasteiger partial charge in [-0.3, -0.25) is 0 Å². The Bertz CT molecular complexity index is 690. The van der Waals surface area contributed by atoms with Crippen molar-refractivity contribution in [1.29, 1.82) is 0 Å². The van der Waals surface area contributed by atoms with Crippen LogP contribution in [0.15, 0.2) is 0 Å². The van der Waals surface area contributed by atoms with Crippen LogP contribution in [0.4, 0.5) is 0 Å². The molecule has 3 aliphatic rings. The van der Waals surface area contributed by atoms with Gasteiger partial charge in [0.1, 0.15) is 0 Å². The minimum atomic E-state index is 0.535. The standard InChI is InChI=1S/C37H70/c1-14-24(8)19-29-18-17-25(9)34-27(11)36-28(12)35(26(10)30(15-2)22(4)5)33(31(16-3)23(6)7)21-37(36,13)20-32(29)34/h22-36H,14-21H2,1-13H3. The summed E-state index contributed by atoms with van der Waals surface area (Å²) in [5.74, 6) is 13.4. The van der Waals surface area contributed by atoms with E-state index in [0.29, 0.717) is 5.41 Å². The van der Waals surface area contributed by atoms with Gasteiger partial charge in [0, 0.05) is 0 Å². The number of hydrogen-bond donors (Lipinski definition) is 0. The molecule has 0 spiro atoms. The fraction of sp³-hybridized carbons (Fsp3) is 1.00. The van der Waals surface area contributed by atoms with E-state index in [4.69, 9.17) is 0 Å². The predicted molar refractivity (Wildman–Crippen MR) is 165 cm³/mol. The summed E-state index contributed by atoms with van der Waals surface area (Å²) >= 11 is 0. The minimum absolute atomic E-state index is 0.535. The lowest BCUT2D eigenvalue weighted by molar-refractivity contribution is -0.170. The summed E-state index contributed by atoms with van der Waals surface area (Å²) in [6.07, 6.45) is 11.6. The van der Waals surface area contributed by atoms with E-state index in [0.717, 1.165) is 88.8 Å². The molecule has 0 aromatic rings. The smallest absolute Gasteiger partial charge is 0.0287 e. The van der Waals surface area contributed by atoms with Crippen LogP contribution >= 0.6 is 0 Å². The highest BCUT2D eigenvalue weighted by Gasteiger charge is 2.60. The van der Waals surface area contributed by atoms with Gasteiger partial charge in [-0.1, -0.05) is 116 Å². The van der Waals surface area contributed by atoms with E-state index in [-0.39, 0.29) is 0 Å². The van der Waals surface area contributed by atoms with Crippen molar-refractivity contribution in [1.82, 2.24) is 0 Å². The summed E-state index contributed by atoms with van der Waals surface area (Å²) in [5, 5.41) is 0. The monoisotopic (exact) mass is 515 g/mol. The van der Waals surface area contributed by atoms with Crippen LogP contribution in [0.1, 0.15) is 141 Å². The Kier molecular flexibility index (Phi) is 10.8. The molecule has 0 aromatic heterocycles. The Morgan fingerprint density at radius 2 is 1.41 bits per heavy atom. The lowest BCUT2D eigenvalue weighted by atomic mass is 9.39. The molecule has 0 aliphatic heterocycles. The summed E-state index contributed by atoms with van der Waals surface area (Å²) in [5.41, 5.74) is 0.535. The third kappa shape index (κ3) is 6.04. The predicted octanol–water partition coefficient (Wildman–Crippen LogP) is 11.6. The van der Waals surface area contributed by atoms with Crippen molar-refractivity contribution < 1.29 is 0 Å². The number of rotatable bonds is 10. The SMILES string of the molecule is CCC(C)CC1CCC(C)C2C(C)C3C(C)C(C(C)C(CC)C(C)C)C(C(CC)C(C)C)CC3(C)CC12. The molecule has 218 valence electrons. The van der Waals surface area contributed by atoms with E-state index in [2.05, 4.69) is 90.0 Å². The second-order valence-electron chi connectivity index (χ2n) is 16.3. The Hall–Kier alpha value is 0. The van der Waals surface area contributed by atoms with Crippen molar-refractivity contribution in [2.75, 3.05) is 0 Å². The zero-order valence-corrected chi connectivity index (χ0v) is 27.8. The second kappa shape index (κ2) is 12.7. The Morgan fingerprint density at radius 1 is 0.757 bits per heavy atom. The van der Waals surface area contributed by atoms with Crippen molar-refractivity contribution in [2.24, 2.45) is 94.2 Å². The van der Waals surface area contributed by atoms with Crippen molar-refractivity contribution in [3.8, 4) is 0 Å². The summed E-state index contributed by atoms with van der Waals surface area (Å²) < 4.78 is 0. The van der Waals surface area contributed by atoms with Gasteiger partial charge in [-0.25, -0.2) is 0 Å². The molecule has 0 heterocycles. The van der Waals surface area contributed by atoms with E-state index in [1.165, 1.54) is 51.4 Å². The molecule has 3 rings (SSSR count). The molecule has 0 bridgehead atoms. The summed E-state index contributed by atoms with van der Waals surface area (Å²) in [6.45, 7) is 33.7. The molecule has 37 heavy (non-hydrogen) atoms. The molecule has 0 N–H and O–H groups in total. The first-order chi connectivity index (χ1) is 17.3. The van der Waals surface area contributed by atoms with Crippen LogP contribution in [-0.2, 0) is 0 Å². The topological polar surface area (TPSA) is 0 Å². The van der Waals surface area contributed by atoms with Gasteiger partial charge in [0.25, 0.3) is 0 Å². The van der Waals surface area contributed by atoms with Gasteiger partial charge < -0.3 is 0 Å². The maximum atomic E-state index is 2.81. The first-order valence-electron chi connectivity index (χ1n) is 17.3. The third-order valence-electron chi connectivity index (χ3n) is 13.7. The highest BCUT2D eigenvalue weighted by atomic mass is 14.6. The minimum Gasteiger partial charge on any atom is -0.0651 e. The quantitative estimate of drug-likeness (QED) is 0.272. The fourth-order valence-corrected chi connectivity index (χ4v) is 12.3. The summed E-state index contributed by atoms with van der Waals surface area (Å²) in [6, 6.07) is 0. The Labute approximate surface area is 235 Å². The third-order valence-corrected chi connectivity index (χ3v) is 13.7. The summed E-state index contributed by atoms with van der Waals surface area (Å²) in [7, 11) is 0. The van der Waals surface area contributed by atoms with Crippen LogP contribution in [-0.4, -0.2) is 0 Å². The molecule has 0 radical (unpaired) electrons. The fourth-order valence-electron chi connectivity index (χ4n) is 12.3. The van der Waals surface area contributed by atoms with Crippen molar-refractivity contribution >= 4 is 0 Å². The van der Waals surface area contributed by atoms with E-state index >= 15 is 0 Å². The molecule has 0 amide bonds. The van der Waals surface area contributed by atoms with E-state index < -0.39 is 0 Å². The number of hydrogen-bond acceptors (Lipinski definition) is 0. The molecular weight excluding hydrogens is 444 g/mol. The lowest BCUT2D eigenvalue weighted by Crippen LogP contribution is -2.59. The molecule has 0 heteroatoms. The van der Waals surface area contributed by atoms with Crippen LogP contribution in [0.3, 0.4) is 0 Å². The van der Waals surface area contributed by atoms with E-state index in [1.54, 1.807) is 0 Å². The first-order valence-corrected chi connectivity index (χ1v) is 17.3. The Balaban J connectivity index is 2.04. The molecular formula is C37H70. The van der Waals surface area contributed by atoms with E-state index in [1.807, 2.05) is 0 Å². The maximum absolute atomic E-state index is 2.81. The number of fused-ring (bicyclic) bond motifs is 2. The molecule has 3 saturated carbocycles. The molecule has 14 unspecified atom stereocenters. The van der Waals surface area contributed by atoms with Crippen molar-refractivity contribution in [3.63, 3.8) is 0 Å². The van der Waals surface area contributed by atoms with Crippen LogP contribution in [0.5, 0.6) is 0 Å². The largest absolute Gasteiger partial charge is 0.0651 e. The van der Waals surface area contributed by atoms with Gasteiger partial charge in [0.2, 0.25) is 0 Å². The molecule has 3 fully saturated rings. The second-order valence-corrected chi connectivity index (χ2v) is 16.3. The van der Waals surface area contributed by atoms with Gasteiger partial charge >= 0.3 is 0 Å². The zero-order chi connectivity index (χ0) is 27.8. The normalized spacial score (nSPS) is 43.7. The maximum Gasteiger partial charge on any atom is -0.0287 e. The Morgan fingerprint density at radius 3 is 1.92 bits per heavy atom. The average Bonchev–Trinajstić information content (AvgIpc) is 2.80. The molecule has 0 nitrogen and oxygen atoms in total. The van der Waals surface area contributed by atoms with Gasteiger partial charge in [-0.05, 0) is 120 Å². The van der Waals surface area contributed by atoms with Gasteiger partial charge in [-0.15, -0.1) is 0 Å². The van der Waals surface area contributed by atoms with Gasteiger partial charge in [0.15, 0.2) is 0 Å². The van der Waals surface area contributed by atoms with Gasteiger partial charge in [0.05, 0.1) is 0 Å². The molecule has 14 atom stereocenters. The average molecular weight is 515 g/mol. The summed E-state index contributed by atoms with van der Waals surface area (Å²) in [4.78, 5) is 0. The van der Waals surface area contributed by atoms with Gasteiger partial charge in [-0.2, -0.15) is 0 Å². The zero-order valence-electron chi connectivity index (χ0n) is 27.8. The van der Waals surface area contributed by atoms with Crippen molar-refractivity contribution in [3.05, 3.63) is 0 Å². The van der Waals surface area contributed by atoms with E-state index in [9.17, 15) is 0 Å². The highest BCUT2D eigenvalue weighted by Crippen LogP contribution is 2.67. The lowest BCUT2D eigenvalue weighted by Gasteiger charge is -2.65. The van der Waals surface area contributed by atoms with Crippen LogP contribution in [0, 0.1) is 94.2 Å². The molecule has 3 aliphatic carbocycles. The molecule has 0 saturated heterocycles. The van der Waals surface area contributed by atoms with Crippen molar-refractivity contribution in [2.45, 2.75) is 141 Å².